The van der Waals surface area contributed by atoms with E-state index in [-0.39, 0.29) is 31.8 Å². The van der Waals surface area contributed by atoms with Crippen LogP contribution in [0.3, 0.4) is 0 Å². The van der Waals surface area contributed by atoms with Gasteiger partial charge in [-0.2, -0.15) is 5.10 Å². The lowest BCUT2D eigenvalue weighted by molar-refractivity contribution is -0.0494. The highest BCUT2D eigenvalue weighted by Crippen LogP contribution is 2.28. The van der Waals surface area contributed by atoms with Gasteiger partial charge in [-0.1, -0.05) is 0 Å². The normalized spacial score (nSPS) is 19.0. The minimum Gasteiger partial charge on any atom is -0.378 e. The number of nitrogens with zero attached hydrogens (tertiary/aromatic N) is 5. The molecule has 1 amide bonds. The summed E-state index contributed by atoms with van der Waals surface area (Å²) in [5.74, 6) is -2.36. The van der Waals surface area contributed by atoms with Gasteiger partial charge in [0.05, 0.1) is 24.3 Å². The second-order valence-electron chi connectivity index (χ2n) is 7.97. The van der Waals surface area contributed by atoms with Crippen molar-refractivity contribution in [3.8, 4) is 5.82 Å². The molecule has 31 heavy (non-hydrogen) atoms. The molecule has 7 nitrogen and oxygen atoms in total. The average Bonchev–Trinajstić information content (AvgIpc) is 3.23. The Morgan fingerprint density at radius 2 is 1.81 bits per heavy atom. The number of amides is 1. The van der Waals surface area contributed by atoms with Gasteiger partial charge in [-0.3, -0.25) is 4.79 Å². The molecule has 1 aromatic carbocycles. The Hall–Kier alpha value is -3.07. The van der Waals surface area contributed by atoms with Crippen LogP contribution in [0.4, 0.5) is 14.5 Å². The zero-order chi connectivity index (χ0) is 21.4. The lowest BCUT2D eigenvalue weighted by Crippen LogP contribution is -2.42. The summed E-state index contributed by atoms with van der Waals surface area (Å²) in [4.78, 5) is 20.7. The second-order valence-corrected chi connectivity index (χ2v) is 7.97. The molecule has 0 unspecified atom stereocenters. The van der Waals surface area contributed by atoms with Crippen molar-refractivity contribution >= 4 is 22.5 Å². The fourth-order valence-corrected chi connectivity index (χ4v) is 4.02. The maximum Gasteiger partial charge on any atom is 0.255 e. The number of fused-ring (bicyclic) bond motifs is 1. The zero-order valence-electron chi connectivity index (χ0n) is 17.0. The van der Waals surface area contributed by atoms with Gasteiger partial charge in [0, 0.05) is 62.5 Å². The minimum atomic E-state index is -2.68. The number of anilines is 1. The van der Waals surface area contributed by atoms with Gasteiger partial charge in [0.25, 0.3) is 11.8 Å². The predicted octanol–water partition coefficient (Wildman–Crippen LogP) is 3.13. The van der Waals surface area contributed by atoms with E-state index in [0.29, 0.717) is 11.4 Å². The Bertz CT molecular complexity index is 1080. The first kappa shape index (κ1) is 19.9. The fraction of sp³-hybridized carbons (Fsp3) is 0.409. The van der Waals surface area contributed by atoms with Gasteiger partial charge in [0.2, 0.25) is 0 Å². The van der Waals surface area contributed by atoms with Gasteiger partial charge < -0.3 is 14.5 Å². The van der Waals surface area contributed by atoms with Gasteiger partial charge >= 0.3 is 0 Å². The van der Waals surface area contributed by atoms with E-state index in [0.717, 1.165) is 42.9 Å². The minimum absolute atomic E-state index is 0.0591. The Kier molecular flexibility index (Phi) is 5.05. The first-order valence-electron chi connectivity index (χ1n) is 10.4. The van der Waals surface area contributed by atoms with Crippen molar-refractivity contribution in [3.05, 3.63) is 48.3 Å². The summed E-state index contributed by atoms with van der Waals surface area (Å²) in [7, 11) is 0. The molecular formula is C22H23F2N5O2. The van der Waals surface area contributed by atoms with Crippen molar-refractivity contribution in [1.82, 2.24) is 19.7 Å². The summed E-state index contributed by atoms with van der Waals surface area (Å²) in [6.45, 7) is 3.31. The number of benzene rings is 1. The number of rotatable bonds is 3. The first-order valence-corrected chi connectivity index (χ1v) is 10.4. The van der Waals surface area contributed by atoms with Crippen LogP contribution in [0.25, 0.3) is 16.7 Å². The third-order valence-corrected chi connectivity index (χ3v) is 5.88. The van der Waals surface area contributed by atoms with Gasteiger partial charge in [-0.15, -0.1) is 0 Å². The van der Waals surface area contributed by atoms with E-state index in [1.54, 1.807) is 16.8 Å². The van der Waals surface area contributed by atoms with Crippen molar-refractivity contribution < 1.29 is 18.3 Å². The van der Waals surface area contributed by atoms with Crippen LogP contribution in [0.1, 0.15) is 23.2 Å². The molecule has 2 saturated heterocycles. The number of carbonyl (C=O) groups excluding carboxylic acids is 1. The monoisotopic (exact) mass is 427 g/mol. The summed E-state index contributed by atoms with van der Waals surface area (Å²) in [5.41, 5.74) is 2.38. The summed E-state index contributed by atoms with van der Waals surface area (Å²) >= 11 is 0. The molecule has 0 N–H and O–H groups in total. The van der Waals surface area contributed by atoms with Crippen LogP contribution in [0, 0.1) is 0 Å². The molecule has 0 aliphatic carbocycles. The predicted molar refractivity (Wildman–Crippen MR) is 112 cm³/mol. The molecule has 5 rings (SSSR count). The number of carbonyl (C=O) groups is 1. The Balaban J connectivity index is 1.32. The van der Waals surface area contributed by atoms with E-state index in [1.165, 1.54) is 11.1 Å². The van der Waals surface area contributed by atoms with Crippen LogP contribution in [-0.4, -0.2) is 70.9 Å². The molecule has 2 aliphatic heterocycles. The Morgan fingerprint density at radius 1 is 1.03 bits per heavy atom. The number of morpholine rings is 1. The molecule has 0 spiro atoms. The van der Waals surface area contributed by atoms with Gasteiger partial charge in [-0.05, 0) is 30.3 Å². The number of aromatic nitrogens is 3. The van der Waals surface area contributed by atoms with Crippen LogP contribution in [-0.2, 0) is 4.74 Å². The first-order chi connectivity index (χ1) is 15.0. The van der Waals surface area contributed by atoms with Crippen LogP contribution < -0.4 is 4.90 Å². The maximum absolute atomic E-state index is 13.3. The van der Waals surface area contributed by atoms with E-state index in [4.69, 9.17) is 4.74 Å². The van der Waals surface area contributed by atoms with Crippen LogP contribution >= 0.6 is 0 Å². The highest BCUT2D eigenvalue weighted by molar-refractivity contribution is 5.94. The Labute approximate surface area is 178 Å². The third kappa shape index (κ3) is 4.10. The SMILES string of the molecule is O=C(c1ccc(-n2cc3cc(N4CCOCC4)ccc3n2)nc1)N1CCC(F)(F)CC1. The molecule has 0 atom stereocenters. The number of hydrogen-bond donors (Lipinski definition) is 0. The average molecular weight is 427 g/mol. The van der Waals surface area contributed by atoms with Crippen molar-refractivity contribution in [2.45, 2.75) is 18.8 Å². The van der Waals surface area contributed by atoms with E-state index in [9.17, 15) is 13.6 Å². The maximum atomic E-state index is 13.3. The van der Waals surface area contributed by atoms with Gasteiger partial charge in [0.15, 0.2) is 5.82 Å². The van der Waals surface area contributed by atoms with E-state index in [1.807, 2.05) is 12.3 Å². The standard InChI is InChI=1S/C22H23F2N5O2/c23-22(24)5-7-28(8-6-22)21(30)16-1-4-20(25-14-16)29-15-17-13-18(2-3-19(17)26-29)27-9-11-31-12-10-27/h1-4,13-15H,5-12H2. The number of alkyl halides is 2. The molecule has 0 radical (unpaired) electrons. The topological polar surface area (TPSA) is 63.5 Å². The zero-order valence-corrected chi connectivity index (χ0v) is 17.0. The number of likely N-dealkylation sites (tertiary alicyclic amines) is 1. The molecule has 2 aliphatic rings. The molecule has 2 fully saturated rings. The summed E-state index contributed by atoms with van der Waals surface area (Å²) in [6.07, 6.45) is 2.80. The summed E-state index contributed by atoms with van der Waals surface area (Å²) in [5, 5.41) is 5.58. The van der Waals surface area contributed by atoms with Gasteiger partial charge in [0.1, 0.15) is 0 Å². The molecule has 4 heterocycles. The summed E-state index contributed by atoms with van der Waals surface area (Å²) in [6, 6.07) is 9.54. The number of ether oxygens (including phenoxy) is 1. The van der Waals surface area contributed by atoms with Gasteiger partial charge in [-0.25, -0.2) is 18.4 Å². The lowest BCUT2D eigenvalue weighted by atomic mass is 10.1. The number of hydrogen-bond acceptors (Lipinski definition) is 5. The third-order valence-electron chi connectivity index (χ3n) is 5.88. The number of halogens is 2. The second kappa shape index (κ2) is 7.88. The molecule has 162 valence electrons. The van der Waals surface area contributed by atoms with Crippen molar-refractivity contribution in [2.75, 3.05) is 44.3 Å². The molecule has 0 bridgehead atoms. The van der Waals surface area contributed by atoms with Crippen LogP contribution in [0.15, 0.2) is 42.7 Å². The smallest absolute Gasteiger partial charge is 0.255 e. The van der Waals surface area contributed by atoms with Crippen LogP contribution in [0.5, 0.6) is 0 Å². The molecule has 2 aromatic heterocycles. The van der Waals surface area contributed by atoms with Crippen LogP contribution in [0.2, 0.25) is 0 Å². The van der Waals surface area contributed by atoms with E-state index in [2.05, 4.69) is 27.1 Å². The van der Waals surface area contributed by atoms with Crippen molar-refractivity contribution in [1.29, 1.82) is 0 Å². The van der Waals surface area contributed by atoms with E-state index < -0.39 is 5.92 Å². The van der Waals surface area contributed by atoms with Crippen molar-refractivity contribution in [2.24, 2.45) is 0 Å². The molecule has 0 saturated carbocycles. The largest absolute Gasteiger partial charge is 0.378 e. The number of pyridine rings is 1. The molecule has 3 aromatic rings. The van der Waals surface area contributed by atoms with E-state index >= 15 is 0 Å². The fourth-order valence-electron chi connectivity index (χ4n) is 4.02. The number of piperidine rings is 1. The summed E-state index contributed by atoms with van der Waals surface area (Å²) < 4.78 is 33.8. The Morgan fingerprint density at radius 3 is 2.52 bits per heavy atom. The highest BCUT2D eigenvalue weighted by Gasteiger charge is 2.35. The lowest BCUT2D eigenvalue weighted by Gasteiger charge is -2.31. The highest BCUT2D eigenvalue weighted by atomic mass is 19.3. The molecular weight excluding hydrogens is 404 g/mol. The van der Waals surface area contributed by atoms with Crippen molar-refractivity contribution in [3.63, 3.8) is 0 Å². The molecule has 9 heteroatoms. The quantitative estimate of drug-likeness (QED) is 0.643.